The lowest BCUT2D eigenvalue weighted by Crippen LogP contribution is -2.27. The van der Waals surface area contributed by atoms with Crippen LogP contribution in [-0.2, 0) is 14.8 Å². The van der Waals surface area contributed by atoms with Crippen molar-refractivity contribution in [2.45, 2.75) is 19.8 Å². The zero-order valence-corrected chi connectivity index (χ0v) is 10.0. The van der Waals surface area contributed by atoms with Gasteiger partial charge in [-0.25, -0.2) is 13.1 Å². The van der Waals surface area contributed by atoms with E-state index in [0.717, 1.165) is 0 Å². The molecule has 1 N–H and O–H groups in total. The molecule has 0 amide bonds. The van der Waals surface area contributed by atoms with Crippen molar-refractivity contribution in [3.8, 4) is 0 Å². The summed E-state index contributed by atoms with van der Waals surface area (Å²) in [5.41, 5.74) is 0. The highest BCUT2D eigenvalue weighted by Crippen LogP contribution is 1.89. The Balaban J connectivity index is 3.35. The van der Waals surface area contributed by atoms with Crippen LogP contribution in [0.2, 0.25) is 0 Å². The van der Waals surface area contributed by atoms with E-state index in [-0.39, 0.29) is 5.75 Å². The van der Waals surface area contributed by atoms with E-state index in [2.05, 4.69) is 4.72 Å². The molecule has 0 bridgehead atoms. The van der Waals surface area contributed by atoms with Gasteiger partial charge in [0.05, 0.1) is 12.4 Å². The van der Waals surface area contributed by atoms with E-state index in [1.54, 1.807) is 0 Å². The molecule has 0 radical (unpaired) electrons. The molecule has 0 aliphatic rings. The summed E-state index contributed by atoms with van der Waals surface area (Å²) in [7, 11) is -3.06. The van der Waals surface area contributed by atoms with Crippen LogP contribution in [0.15, 0.2) is 0 Å². The van der Waals surface area contributed by atoms with Gasteiger partial charge in [-0.15, -0.1) is 11.6 Å². The van der Waals surface area contributed by atoms with Crippen molar-refractivity contribution >= 4 is 21.6 Å². The molecule has 0 atom stereocenters. The molecule has 0 unspecified atom stereocenters. The molecule has 0 fully saturated rings. The van der Waals surface area contributed by atoms with Crippen LogP contribution >= 0.6 is 11.6 Å². The van der Waals surface area contributed by atoms with Gasteiger partial charge in [0, 0.05) is 19.0 Å². The zero-order valence-electron chi connectivity index (χ0n) is 8.46. The molecule has 0 rings (SSSR count). The third-order valence-electron chi connectivity index (χ3n) is 1.48. The number of rotatable bonds is 9. The van der Waals surface area contributed by atoms with Gasteiger partial charge in [0.25, 0.3) is 0 Å². The van der Waals surface area contributed by atoms with Crippen LogP contribution in [0.3, 0.4) is 0 Å². The van der Waals surface area contributed by atoms with Crippen LogP contribution in [-0.4, -0.2) is 39.8 Å². The van der Waals surface area contributed by atoms with Gasteiger partial charge in [-0.3, -0.25) is 0 Å². The van der Waals surface area contributed by atoms with Crippen LogP contribution in [0.25, 0.3) is 0 Å². The molecule has 0 saturated carbocycles. The number of hydrogen-bond acceptors (Lipinski definition) is 3. The Morgan fingerprint density at radius 1 is 1.36 bits per heavy atom. The van der Waals surface area contributed by atoms with Gasteiger partial charge in [0.15, 0.2) is 0 Å². The number of ether oxygens (including phenoxy) is 1. The molecule has 0 aliphatic heterocycles. The maximum atomic E-state index is 11.1. The first-order valence-electron chi connectivity index (χ1n) is 4.73. The normalized spacial score (nSPS) is 11.9. The first-order valence-corrected chi connectivity index (χ1v) is 6.92. The first kappa shape index (κ1) is 14.2. The highest BCUT2D eigenvalue weighted by molar-refractivity contribution is 7.89. The third-order valence-corrected chi connectivity index (χ3v) is 3.23. The molecule has 0 aromatic heterocycles. The molecule has 86 valence electrons. The predicted octanol–water partition coefficient (Wildman–Crippen LogP) is 0.961. The summed E-state index contributed by atoms with van der Waals surface area (Å²) in [6.07, 6.45) is 1.32. The summed E-state index contributed by atoms with van der Waals surface area (Å²) in [6, 6.07) is 0. The van der Waals surface area contributed by atoms with Gasteiger partial charge < -0.3 is 4.74 Å². The number of alkyl halides is 1. The second kappa shape index (κ2) is 8.47. The average Bonchev–Trinajstić information content (AvgIpc) is 2.11. The van der Waals surface area contributed by atoms with Gasteiger partial charge in [0.1, 0.15) is 0 Å². The number of hydrogen-bond donors (Lipinski definition) is 1. The Morgan fingerprint density at radius 3 is 2.64 bits per heavy atom. The van der Waals surface area contributed by atoms with E-state index in [9.17, 15) is 8.42 Å². The highest BCUT2D eigenvalue weighted by Gasteiger charge is 2.06. The highest BCUT2D eigenvalue weighted by atomic mass is 35.5. The molecule has 6 heteroatoms. The van der Waals surface area contributed by atoms with Gasteiger partial charge in [-0.1, -0.05) is 6.92 Å². The van der Waals surface area contributed by atoms with Crippen LogP contribution in [0, 0.1) is 0 Å². The fraction of sp³-hybridized carbons (Fsp3) is 1.00. The Hall–Kier alpha value is 0.160. The van der Waals surface area contributed by atoms with E-state index in [1.807, 2.05) is 6.92 Å². The summed E-state index contributed by atoms with van der Waals surface area (Å²) in [5.74, 6) is 0.664. The molecule has 0 spiro atoms. The Morgan fingerprint density at radius 2 is 2.07 bits per heavy atom. The minimum Gasteiger partial charge on any atom is -0.380 e. The van der Waals surface area contributed by atoms with Crippen molar-refractivity contribution in [1.82, 2.24) is 4.72 Å². The van der Waals surface area contributed by atoms with E-state index in [0.29, 0.717) is 38.5 Å². The minimum absolute atomic E-state index is 0.190. The van der Waals surface area contributed by atoms with Crippen molar-refractivity contribution in [3.63, 3.8) is 0 Å². The van der Waals surface area contributed by atoms with E-state index < -0.39 is 10.0 Å². The smallest absolute Gasteiger partial charge is 0.211 e. The molecule has 4 nitrogen and oxygen atoms in total. The van der Waals surface area contributed by atoms with Gasteiger partial charge in [-0.05, 0) is 12.8 Å². The van der Waals surface area contributed by atoms with E-state index in [4.69, 9.17) is 16.3 Å². The first-order chi connectivity index (χ1) is 6.62. The zero-order chi connectivity index (χ0) is 10.9. The summed E-state index contributed by atoms with van der Waals surface area (Å²) >= 11 is 5.39. The molecule has 0 aromatic carbocycles. The second-order valence-electron chi connectivity index (χ2n) is 2.87. The fourth-order valence-electron chi connectivity index (χ4n) is 0.899. The Bertz CT molecular complexity index is 219. The van der Waals surface area contributed by atoms with E-state index in [1.165, 1.54) is 0 Å². The van der Waals surface area contributed by atoms with Crippen molar-refractivity contribution in [2.75, 3.05) is 31.4 Å². The quantitative estimate of drug-likeness (QED) is 0.485. The van der Waals surface area contributed by atoms with Gasteiger partial charge >= 0.3 is 0 Å². The summed E-state index contributed by atoms with van der Waals surface area (Å²) in [6.45, 7) is 3.33. The monoisotopic (exact) mass is 243 g/mol. The SMILES string of the molecule is CCCS(=O)(=O)NCCCOCCCl. The van der Waals surface area contributed by atoms with Gasteiger partial charge in [0.2, 0.25) is 10.0 Å². The molecule has 14 heavy (non-hydrogen) atoms. The topological polar surface area (TPSA) is 55.4 Å². The van der Waals surface area contributed by atoms with Crippen molar-refractivity contribution in [1.29, 1.82) is 0 Å². The Labute approximate surface area is 91.0 Å². The number of sulfonamides is 1. The van der Waals surface area contributed by atoms with Crippen LogP contribution < -0.4 is 4.72 Å². The number of nitrogens with one attached hydrogen (secondary N) is 1. The second-order valence-corrected chi connectivity index (χ2v) is 5.17. The minimum atomic E-state index is -3.06. The van der Waals surface area contributed by atoms with Crippen molar-refractivity contribution in [2.24, 2.45) is 0 Å². The lowest BCUT2D eigenvalue weighted by molar-refractivity contribution is 0.147. The lowest BCUT2D eigenvalue weighted by Gasteiger charge is -2.05. The maximum Gasteiger partial charge on any atom is 0.211 e. The third kappa shape index (κ3) is 8.74. The molecular weight excluding hydrogens is 226 g/mol. The molecular formula is C8H18ClNO3S. The average molecular weight is 244 g/mol. The fourth-order valence-corrected chi connectivity index (χ4v) is 2.15. The number of halogens is 1. The Kier molecular flexibility index (Phi) is 8.56. The van der Waals surface area contributed by atoms with Crippen LogP contribution in [0.4, 0.5) is 0 Å². The molecule has 0 heterocycles. The van der Waals surface area contributed by atoms with Crippen LogP contribution in [0.1, 0.15) is 19.8 Å². The van der Waals surface area contributed by atoms with Gasteiger partial charge in [-0.2, -0.15) is 0 Å². The summed E-state index contributed by atoms with van der Waals surface area (Å²) in [5, 5.41) is 0. The predicted molar refractivity (Wildman–Crippen MR) is 58.2 cm³/mol. The summed E-state index contributed by atoms with van der Waals surface area (Å²) < 4.78 is 29.9. The molecule has 0 saturated heterocycles. The lowest BCUT2D eigenvalue weighted by atomic mass is 10.5. The largest absolute Gasteiger partial charge is 0.380 e. The molecule has 0 aliphatic carbocycles. The standard InChI is InChI=1S/C8H18ClNO3S/c1-2-8-14(11,12)10-5-3-6-13-7-4-9/h10H,2-8H2,1H3. The van der Waals surface area contributed by atoms with Crippen molar-refractivity contribution < 1.29 is 13.2 Å². The summed E-state index contributed by atoms with van der Waals surface area (Å²) in [4.78, 5) is 0. The molecule has 0 aromatic rings. The van der Waals surface area contributed by atoms with Crippen molar-refractivity contribution in [3.05, 3.63) is 0 Å². The maximum absolute atomic E-state index is 11.1. The van der Waals surface area contributed by atoms with E-state index >= 15 is 0 Å². The van der Waals surface area contributed by atoms with Crippen LogP contribution in [0.5, 0.6) is 0 Å².